The van der Waals surface area contributed by atoms with Gasteiger partial charge in [-0.3, -0.25) is 4.79 Å². The second-order valence-electron chi connectivity index (χ2n) is 9.41. The van der Waals surface area contributed by atoms with Gasteiger partial charge in [0.1, 0.15) is 23.2 Å². The number of nitrogens with zero attached hydrogens (tertiary/aromatic N) is 2. The lowest BCUT2D eigenvalue weighted by Gasteiger charge is -2.33. The second kappa shape index (κ2) is 13.3. The molecule has 5 aromatic carbocycles. The van der Waals surface area contributed by atoms with Gasteiger partial charge in [0.25, 0.3) is 5.91 Å². The number of hydrogen-bond acceptors (Lipinski definition) is 5. The van der Waals surface area contributed by atoms with Crippen LogP contribution in [0.15, 0.2) is 152 Å². The first kappa shape index (κ1) is 28.9. The number of nitrogens with one attached hydrogen (secondary N) is 2. The Kier molecular flexibility index (Phi) is 9.18. The Morgan fingerprint density at radius 1 is 0.595 bits per heavy atom. The maximum absolute atomic E-state index is 13.9. The Hall–Kier alpha value is -4.64. The average Bonchev–Trinajstić information content (AvgIpc) is 3.51. The van der Waals surface area contributed by atoms with Crippen LogP contribution in [0.25, 0.3) is 0 Å². The molecule has 0 radical (unpaired) electrons. The van der Waals surface area contributed by atoms with E-state index in [2.05, 4.69) is 88.5 Å². The summed E-state index contributed by atoms with van der Waals surface area (Å²) in [6.07, 6.45) is 0. The minimum atomic E-state index is -2.58. The van der Waals surface area contributed by atoms with E-state index in [9.17, 15) is 4.79 Å². The van der Waals surface area contributed by atoms with Crippen molar-refractivity contribution in [1.29, 1.82) is 0 Å². The van der Waals surface area contributed by atoms with Gasteiger partial charge in [0.2, 0.25) is 10.9 Å². The highest BCUT2D eigenvalue weighted by Crippen LogP contribution is 2.66. The lowest BCUT2D eigenvalue weighted by molar-refractivity contribution is 0.0948. The first-order valence-electron chi connectivity index (χ1n) is 13.3. The van der Waals surface area contributed by atoms with Gasteiger partial charge in [0.05, 0.1) is 0 Å². The third-order valence-electron chi connectivity index (χ3n) is 6.88. The second-order valence-corrected chi connectivity index (χ2v) is 13.9. The largest absolute Gasteiger partial charge is 0.330 e. The van der Waals surface area contributed by atoms with Crippen molar-refractivity contribution in [2.24, 2.45) is 0 Å². The highest BCUT2D eigenvalue weighted by molar-refractivity contribution is 7.96. The van der Waals surface area contributed by atoms with Gasteiger partial charge in [-0.15, -0.1) is 10.2 Å². The summed E-state index contributed by atoms with van der Waals surface area (Å²) < 4.78 is 0. The summed E-state index contributed by atoms with van der Waals surface area (Å²) in [7, 11) is -2.58. The van der Waals surface area contributed by atoms with Crippen LogP contribution in [0.4, 0.5) is 10.8 Å². The zero-order chi connectivity index (χ0) is 27.9. The fourth-order valence-corrected chi connectivity index (χ4v) is 10.8. The van der Waals surface area contributed by atoms with Crippen LogP contribution in [-0.2, 0) is 0 Å². The third kappa shape index (κ3) is 5.87. The van der Waals surface area contributed by atoms with E-state index in [4.69, 9.17) is 5.10 Å². The maximum Gasteiger partial charge on any atom is 0.254 e. The Labute approximate surface area is 251 Å². The molecule has 208 valence electrons. The maximum atomic E-state index is 13.9. The molecular formula is C35H32N4OPS+. The molecule has 1 amide bonds. The molecule has 1 aromatic heterocycles. The Balaban J connectivity index is 0.00000353. The minimum Gasteiger partial charge on any atom is -0.330 e. The zero-order valence-electron chi connectivity index (χ0n) is 22.2. The standard InChI is InChI=1S/C34H27N4OPS.CH4/c39-31(26-16-6-1-7-17-26)36-32(33-37-38-34(41-33)35-27-18-8-2-9-19-27)40(28-20-10-3-11-21-28,29-22-12-4-13-23-29)30-24-14-5-15-25-30;/h1-25,32H,(H-,35,36,38,39);1H4/p+1. The monoisotopic (exact) mass is 587 g/mol. The third-order valence-corrected chi connectivity index (χ3v) is 12.4. The number of anilines is 2. The fourth-order valence-electron chi connectivity index (χ4n) is 5.05. The number of amides is 1. The van der Waals surface area contributed by atoms with Crippen LogP contribution in [0, 0.1) is 0 Å². The number of benzene rings is 5. The normalized spacial score (nSPS) is 11.6. The number of para-hydroxylation sites is 1. The van der Waals surface area contributed by atoms with Gasteiger partial charge < -0.3 is 10.6 Å². The molecule has 0 bridgehead atoms. The van der Waals surface area contributed by atoms with Crippen molar-refractivity contribution in [3.05, 3.63) is 162 Å². The van der Waals surface area contributed by atoms with E-state index in [1.807, 2.05) is 78.9 Å². The van der Waals surface area contributed by atoms with E-state index < -0.39 is 13.0 Å². The number of rotatable bonds is 9. The predicted molar refractivity (Wildman–Crippen MR) is 178 cm³/mol. The van der Waals surface area contributed by atoms with Crippen LogP contribution in [0.2, 0.25) is 0 Å². The lowest BCUT2D eigenvalue weighted by atomic mass is 10.2. The van der Waals surface area contributed by atoms with E-state index in [1.165, 1.54) is 11.3 Å². The van der Waals surface area contributed by atoms with Gasteiger partial charge >= 0.3 is 0 Å². The molecule has 0 saturated carbocycles. The van der Waals surface area contributed by atoms with Crippen molar-refractivity contribution in [3.63, 3.8) is 0 Å². The molecule has 7 heteroatoms. The fraction of sp³-hybridized carbons (Fsp3) is 0.0571. The molecule has 1 unspecified atom stereocenters. The minimum absolute atomic E-state index is 0. The number of hydrogen-bond donors (Lipinski definition) is 2. The van der Waals surface area contributed by atoms with Crippen LogP contribution in [0.5, 0.6) is 0 Å². The van der Waals surface area contributed by atoms with Gasteiger partial charge in [0, 0.05) is 11.3 Å². The van der Waals surface area contributed by atoms with Crippen molar-refractivity contribution in [3.8, 4) is 0 Å². The van der Waals surface area contributed by atoms with E-state index in [1.54, 1.807) is 0 Å². The highest BCUT2D eigenvalue weighted by Gasteiger charge is 2.55. The predicted octanol–water partition coefficient (Wildman–Crippen LogP) is 7.34. The lowest BCUT2D eigenvalue weighted by Crippen LogP contribution is -2.42. The number of carbonyl (C=O) groups excluding carboxylic acids is 1. The van der Waals surface area contributed by atoms with Gasteiger partial charge in [-0.1, -0.05) is 110 Å². The summed E-state index contributed by atoms with van der Waals surface area (Å²) in [5.41, 5.74) is 1.52. The quantitative estimate of drug-likeness (QED) is 0.174. The Bertz CT molecular complexity index is 1600. The Morgan fingerprint density at radius 3 is 1.50 bits per heavy atom. The molecular weight excluding hydrogens is 555 g/mol. The average molecular weight is 588 g/mol. The van der Waals surface area contributed by atoms with Crippen molar-refractivity contribution >= 4 is 51.2 Å². The molecule has 2 N–H and O–H groups in total. The molecule has 0 aliphatic heterocycles. The van der Waals surface area contributed by atoms with E-state index in [-0.39, 0.29) is 13.3 Å². The molecule has 42 heavy (non-hydrogen) atoms. The molecule has 1 atom stereocenters. The van der Waals surface area contributed by atoms with Crippen molar-refractivity contribution < 1.29 is 4.79 Å². The van der Waals surface area contributed by atoms with Gasteiger partial charge in [0.15, 0.2) is 5.01 Å². The first-order chi connectivity index (χ1) is 20.2. The molecule has 0 fully saturated rings. The van der Waals surface area contributed by atoms with Crippen LogP contribution in [0.3, 0.4) is 0 Å². The molecule has 6 aromatic rings. The van der Waals surface area contributed by atoms with Crippen LogP contribution < -0.4 is 26.5 Å². The van der Waals surface area contributed by atoms with Crippen molar-refractivity contribution in [2.75, 3.05) is 5.32 Å². The van der Waals surface area contributed by atoms with Gasteiger partial charge in [-0.2, -0.15) is 0 Å². The Morgan fingerprint density at radius 2 is 1.02 bits per heavy atom. The van der Waals surface area contributed by atoms with Crippen molar-refractivity contribution in [1.82, 2.24) is 15.5 Å². The van der Waals surface area contributed by atoms with Crippen LogP contribution in [0.1, 0.15) is 28.6 Å². The van der Waals surface area contributed by atoms with E-state index >= 15 is 0 Å². The van der Waals surface area contributed by atoms with Crippen LogP contribution in [-0.4, -0.2) is 16.1 Å². The molecule has 0 spiro atoms. The van der Waals surface area contributed by atoms with E-state index in [0.29, 0.717) is 10.7 Å². The molecule has 0 saturated heterocycles. The molecule has 0 aliphatic carbocycles. The van der Waals surface area contributed by atoms with E-state index in [0.717, 1.165) is 26.6 Å². The summed E-state index contributed by atoms with van der Waals surface area (Å²) in [5, 5.41) is 20.9. The van der Waals surface area contributed by atoms with Crippen molar-refractivity contribution in [2.45, 2.75) is 13.2 Å². The summed E-state index contributed by atoms with van der Waals surface area (Å²) in [6.45, 7) is 0. The molecule has 1 heterocycles. The molecule has 0 aliphatic rings. The summed E-state index contributed by atoms with van der Waals surface area (Å²) in [6, 6.07) is 50.7. The summed E-state index contributed by atoms with van der Waals surface area (Å²) >= 11 is 1.46. The first-order valence-corrected chi connectivity index (χ1v) is 16.0. The molecule has 6 rings (SSSR count). The summed E-state index contributed by atoms with van der Waals surface area (Å²) in [4.78, 5) is 13.9. The number of aromatic nitrogens is 2. The van der Waals surface area contributed by atoms with Gasteiger partial charge in [-0.05, 0) is 60.7 Å². The summed E-state index contributed by atoms with van der Waals surface area (Å²) in [5.74, 6) is -0.637. The smallest absolute Gasteiger partial charge is 0.254 e. The SMILES string of the molecule is C.O=C(NC(c1nnc(Nc2ccccc2)s1)[P+](c1ccccc1)(c1ccccc1)c1ccccc1)c1ccccc1. The van der Waals surface area contributed by atoms with Gasteiger partial charge in [-0.25, -0.2) is 0 Å². The topological polar surface area (TPSA) is 66.9 Å². The van der Waals surface area contributed by atoms with Crippen LogP contribution >= 0.6 is 18.6 Å². The highest BCUT2D eigenvalue weighted by atomic mass is 32.1. The molecule has 5 nitrogen and oxygen atoms in total. The zero-order valence-corrected chi connectivity index (χ0v) is 23.9. The number of carbonyl (C=O) groups is 1.